The molecule has 0 N–H and O–H groups in total. The van der Waals surface area contributed by atoms with Gasteiger partial charge in [0, 0.05) is 16.5 Å². The smallest absolute Gasteiger partial charge is 0.127 e. The number of thiazole rings is 1. The molecule has 0 aliphatic heterocycles. The van der Waals surface area contributed by atoms with Gasteiger partial charge in [0.25, 0.3) is 0 Å². The monoisotopic (exact) mass is 173 g/mol. The summed E-state index contributed by atoms with van der Waals surface area (Å²) in [7, 11) is -0.0588. The van der Waals surface area contributed by atoms with Crippen molar-refractivity contribution in [1.82, 2.24) is 4.98 Å². The van der Waals surface area contributed by atoms with Crippen LogP contribution in [0.2, 0.25) is 0 Å². The molecule has 1 nitrogen and oxygen atoms in total. The molecule has 0 unspecified atom stereocenters. The van der Waals surface area contributed by atoms with Gasteiger partial charge >= 0.3 is 0 Å². The van der Waals surface area contributed by atoms with Gasteiger partial charge in [-0.1, -0.05) is 6.58 Å². The highest BCUT2D eigenvalue weighted by Crippen LogP contribution is 2.34. The van der Waals surface area contributed by atoms with Crippen molar-refractivity contribution in [2.24, 2.45) is 0 Å². The van der Waals surface area contributed by atoms with Crippen LogP contribution in [0.25, 0.3) is 4.91 Å². The zero-order valence-corrected chi connectivity index (χ0v) is 7.88. The van der Waals surface area contributed by atoms with E-state index in [9.17, 15) is 0 Å². The molecule has 1 rings (SSSR count). The van der Waals surface area contributed by atoms with E-state index in [-0.39, 0.29) is 10.9 Å². The summed E-state index contributed by atoms with van der Waals surface area (Å²) in [6, 6.07) is 0. The Bertz CT molecular complexity index is 214. The van der Waals surface area contributed by atoms with Gasteiger partial charge in [0.05, 0.1) is 0 Å². The van der Waals surface area contributed by atoms with E-state index in [0.29, 0.717) is 0 Å². The predicted molar refractivity (Wildman–Crippen MR) is 52.0 cm³/mol. The molecule has 0 bridgehead atoms. The molecule has 0 radical (unpaired) electrons. The van der Waals surface area contributed by atoms with E-state index in [2.05, 4.69) is 24.1 Å². The van der Waals surface area contributed by atoms with E-state index in [1.165, 1.54) is 4.91 Å². The van der Waals surface area contributed by atoms with Crippen LogP contribution in [0.1, 0.15) is 5.01 Å². The SMILES string of the molecule is C=C(c1nccs1)[SH](C)C. The van der Waals surface area contributed by atoms with Crippen molar-refractivity contribution in [1.29, 1.82) is 0 Å². The standard InChI is InChI=1S/C7H11NS2/c1-6(10(2)3)7-8-4-5-9-7/h4-5,10H,1H2,2-3H3. The van der Waals surface area contributed by atoms with Crippen LogP contribution in [0.3, 0.4) is 0 Å². The fourth-order valence-corrected chi connectivity index (χ4v) is 2.21. The Hall–Kier alpha value is -0.280. The maximum Gasteiger partial charge on any atom is 0.127 e. The predicted octanol–water partition coefficient (Wildman–Crippen LogP) is 2.37. The van der Waals surface area contributed by atoms with Crippen LogP contribution in [-0.2, 0) is 0 Å². The lowest BCUT2D eigenvalue weighted by molar-refractivity contribution is 1.39. The maximum absolute atomic E-state index is 4.17. The zero-order valence-electron chi connectivity index (χ0n) is 6.16. The quantitative estimate of drug-likeness (QED) is 0.677. The second-order valence-corrected chi connectivity index (χ2v) is 5.40. The van der Waals surface area contributed by atoms with Crippen molar-refractivity contribution in [3.05, 3.63) is 23.2 Å². The number of nitrogens with zero attached hydrogens (tertiary/aromatic N) is 1. The Balaban J connectivity index is 2.78. The van der Waals surface area contributed by atoms with E-state index in [1.807, 2.05) is 11.6 Å². The van der Waals surface area contributed by atoms with Crippen LogP contribution in [0.5, 0.6) is 0 Å². The highest BCUT2D eigenvalue weighted by Gasteiger charge is 2.01. The Morgan fingerprint density at radius 1 is 1.70 bits per heavy atom. The molecule has 0 atom stereocenters. The minimum atomic E-state index is -0.0588. The molecule has 1 heterocycles. The third-order valence-corrected chi connectivity index (χ3v) is 3.49. The lowest BCUT2D eigenvalue weighted by Gasteiger charge is -2.08. The number of rotatable bonds is 2. The zero-order chi connectivity index (χ0) is 7.56. The van der Waals surface area contributed by atoms with E-state index in [0.717, 1.165) is 5.01 Å². The van der Waals surface area contributed by atoms with Crippen LogP contribution in [0.15, 0.2) is 18.2 Å². The summed E-state index contributed by atoms with van der Waals surface area (Å²) in [5.74, 6) is 0. The minimum Gasteiger partial charge on any atom is -0.244 e. The van der Waals surface area contributed by atoms with Crippen molar-refractivity contribution in [2.45, 2.75) is 0 Å². The van der Waals surface area contributed by atoms with E-state index < -0.39 is 0 Å². The Morgan fingerprint density at radius 3 is 2.80 bits per heavy atom. The second-order valence-electron chi connectivity index (χ2n) is 2.18. The first-order valence-electron chi connectivity index (χ1n) is 2.98. The maximum atomic E-state index is 4.17. The van der Waals surface area contributed by atoms with Crippen LogP contribution in [-0.4, -0.2) is 17.5 Å². The lowest BCUT2D eigenvalue weighted by Crippen LogP contribution is -1.79. The second kappa shape index (κ2) is 3.21. The molecule has 1 aromatic rings. The molecule has 0 saturated carbocycles. The molecule has 56 valence electrons. The van der Waals surface area contributed by atoms with Gasteiger partial charge in [0.15, 0.2) is 0 Å². The number of hydrogen-bond donors (Lipinski definition) is 1. The van der Waals surface area contributed by atoms with Crippen LogP contribution in [0, 0.1) is 0 Å². The molecule has 3 heteroatoms. The van der Waals surface area contributed by atoms with Crippen LogP contribution >= 0.6 is 22.2 Å². The van der Waals surface area contributed by atoms with Crippen LogP contribution in [0.4, 0.5) is 0 Å². The number of hydrogen-bond acceptors (Lipinski definition) is 2. The Morgan fingerprint density at radius 2 is 2.40 bits per heavy atom. The molecule has 0 amide bonds. The van der Waals surface area contributed by atoms with Crippen molar-refractivity contribution in [3.8, 4) is 0 Å². The highest BCUT2D eigenvalue weighted by atomic mass is 32.2. The highest BCUT2D eigenvalue weighted by molar-refractivity contribution is 8.24. The molecule has 0 aliphatic carbocycles. The first-order chi connectivity index (χ1) is 4.72. The largest absolute Gasteiger partial charge is 0.244 e. The number of thiol groups is 1. The summed E-state index contributed by atoms with van der Waals surface area (Å²) >= 11 is 1.66. The molecular formula is C7H11NS2. The lowest BCUT2D eigenvalue weighted by atomic mass is 10.7. The van der Waals surface area contributed by atoms with Crippen molar-refractivity contribution < 1.29 is 0 Å². The fraction of sp³-hybridized carbons (Fsp3) is 0.286. The summed E-state index contributed by atoms with van der Waals surface area (Å²) in [5, 5.41) is 3.08. The molecule has 0 aliphatic rings. The molecule has 0 fully saturated rings. The van der Waals surface area contributed by atoms with Gasteiger partial charge in [0.2, 0.25) is 0 Å². The van der Waals surface area contributed by atoms with E-state index >= 15 is 0 Å². The van der Waals surface area contributed by atoms with Crippen molar-refractivity contribution >= 4 is 27.1 Å². The van der Waals surface area contributed by atoms with Crippen molar-refractivity contribution in [2.75, 3.05) is 12.5 Å². The summed E-state index contributed by atoms with van der Waals surface area (Å²) < 4.78 is 0. The first kappa shape index (κ1) is 7.82. The topological polar surface area (TPSA) is 12.9 Å². The van der Waals surface area contributed by atoms with Gasteiger partial charge in [-0.3, -0.25) is 0 Å². The van der Waals surface area contributed by atoms with E-state index in [4.69, 9.17) is 0 Å². The summed E-state index contributed by atoms with van der Waals surface area (Å²) in [4.78, 5) is 5.37. The minimum absolute atomic E-state index is 0.0588. The Kier molecular flexibility index (Phi) is 2.51. The third kappa shape index (κ3) is 1.61. The molecule has 1 aromatic heterocycles. The van der Waals surface area contributed by atoms with Crippen LogP contribution < -0.4 is 0 Å². The molecule has 10 heavy (non-hydrogen) atoms. The van der Waals surface area contributed by atoms with Gasteiger partial charge in [-0.2, -0.15) is 0 Å². The fourth-order valence-electron chi connectivity index (χ4n) is 0.557. The summed E-state index contributed by atoms with van der Waals surface area (Å²) in [6.45, 7) is 3.97. The normalized spacial score (nSPS) is 11.2. The van der Waals surface area contributed by atoms with Gasteiger partial charge in [-0.05, 0) is 12.5 Å². The van der Waals surface area contributed by atoms with Crippen molar-refractivity contribution in [3.63, 3.8) is 0 Å². The average Bonchev–Trinajstić information content (AvgIpc) is 2.36. The summed E-state index contributed by atoms with van der Waals surface area (Å²) in [6.07, 6.45) is 6.21. The van der Waals surface area contributed by atoms with E-state index in [1.54, 1.807) is 11.3 Å². The number of aromatic nitrogens is 1. The molecule has 0 saturated heterocycles. The first-order valence-corrected chi connectivity index (χ1v) is 6.09. The summed E-state index contributed by atoms with van der Waals surface area (Å²) in [5.41, 5.74) is 0. The third-order valence-electron chi connectivity index (χ3n) is 1.22. The van der Waals surface area contributed by atoms with Gasteiger partial charge < -0.3 is 0 Å². The van der Waals surface area contributed by atoms with Gasteiger partial charge in [0.1, 0.15) is 5.01 Å². The van der Waals surface area contributed by atoms with Gasteiger partial charge in [-0.15, -0.1) is 11.3 Å². The molecular weight excluding hydrogens is 162 g/mol. The molecule has 0 aromatic carbocycles. The average molecular weight is 173 g/mol. The molecule has 0 spiro atoms. The van der Waals surface area contributed by atoms with Gasteiger partial charge in [-0.25, -0.2) is 15.9 Å². The Labute approximate surface area is 68.2 Å².